The molecule has 2 fully saturated rings. The highest BCUT2D eigenvalue weighted by Gasteiger charge is 2.60. The first kappa shape index (κ1) is 23.4. The van der Waals surface area contributed by atoms with Gasteiger partial charge in [-0.15, -0.1) is 11.8 Å². The number of aliphatic hydroxyl groups is 1. The second-order valence-electron chi connectivity index (χ2n) is 8.87. The number of carbonyl (C=O) groups is 4. The van der Waals surface area contributed by atoms with Crippen molar-refractivity contribution in [3.8, 4) is 0 Å². The number of hydrogen-bond donors (Lipinski definition) is 2. The van der Waals surface area contributed by atoms with Gasteiger partial charge < -0.3 is 29.5 Å². The Kier molecular flexibility index (Phi) is 6.56. The van der Waals surface area contributed by atoms with Gasteiger partial charge in [-0.2, -0.15) is 0 Å². The summed E-state index contributed by atoms with van der Waals surface area (Å²) in [5.74, 6) is -2.07. The minimum atomic E-state index is -0.980. The van der Waals surface area contributed by atoms with Gasteiger partial charge in [0.15, 0.2) is 0 Å². The number of hydrogen-bond acceptors (Lipinski definition) is 9. The smallest absolute Gasteiger partial charge is 0.428 e. The Balaban J connectivity index is 1.74. The first-order valence-electron chi connectivity index (χ1n) is 10.1. The first-order valence-corrected chi connectivity index (χ1v) is 11.0. The van der Waals surface area contributed by atoms with E-state index in [0.29, 0.717) is 17.9 Å². The zero-order chi connectivity index (χ0) is 23.1. The second-order valence-corrected chi connectivity index (χ2v) is 10.2. The van der Waals surface area contributed by atoms with Gasteiger partial charge in [-0.1, -0.05) is 6.92 Å². The second kappa shape index (κ2) is 8.70. The quantitative estimate of drug-likeness (QED) is 0.343. The number of nitrogens with one attached hydrogen (secondary N) is 1. The van der Waals surface area contributed by atoms with Gasteiger partial charge in [0.2, 0.25) is 18.6 Å². The van der Waals surface area contributed by atoms with Crippen LogP contribution in [-0.2, 0) is 28.6 Å². The highest BCUT2D eigenvalue weighted by molar-refractivity contribution is 8.03. The number of nitrogens with zero attached hydrogens (tertiary/aromatic N) is 1. The Labute approximate surface area is 184 Å². The molecule has 2 amide bonds. The highest BCUT2D eigenvalue weighted by Crippen LogP contribution is 2.51. The van der Waals surface area contributed by atoms with E-state index < -0.39 is 36.5 Å². The Morgan fingerprint density at radius 3 is 2.52 bits per heavy atom. The molecule has 3 aliphatic heterocycles. The van der Waals surface area contributed by atoms with Gasteiger partial charge in [-0.25, -0.2) is 9.59 Å². The van der Waals surface area contributed by atoms with Crippen LogP contribution in [0.2, 0.25) is 0 Å². The highest BCUT2D eigenvalue weighted by atomic mass is 32.2. The third-order valence-electron chi connectivity index (χ3n) is 5.29. The Morgan fingerprint density at radius 1 is 1.29 bits per heavy atom. The van der Waals surface area contributed by atoms with Crippen LogP contribution in [0.25, 0.3) is 0 Å². The van der Waals surface area contributed by atoms with E-state index in [-0.39, 0.29) is 34.7 Å². The monoisotopic (exact) mass is 456 g/mol. The van der Waals surface area contributed by atoms with Gasteiger partial charge in [0.05, 0.1) is 18.1 Å². The Hall–Kier alpha value is -2.27. The fourth-order valence-corrected chi connectivity index (χ4v) is 5.40. The largest absolute Gasteiger partial charge is 0.511 e. The molecule has 5 atom stereocenters. The molecular formula is C20H28N2O8S. The lowest BCUT2D eigenvalue weighted by molar-refractivity contribution is -0.167. The van der Waals surface area contributed by atoms with Crippen molar-refractivity contribution in [3.05, 3.63) is 10.6 Å². The maximum absolute atomic E-state index is 12.9. The molecule has 3 heterocycles. The fourth-order valence-electron chi connectivity index (χ4n) is 3.99. The SMILES string of the molecule is C[C@@H](O)[C@H]1C(=O)N2C(C(=O)OCOC(=O)OC(C)(C)C)=C(S[C@@H]3CNC(=O)C3)[C@H](C)[C@H]12. The number of β-lactam (4-membered cyclic amide) rings is 1. The zero-order valence-electron chi connectivity index (χ0n) is 18.2. The topological polar surface area (TPSA) is 131 Å². The van der Waals surface area contributed by atoms with Crippen LogP contribution in [0.1, 0.15) is 41.0 Å². The van der Waals surface area contributed by atoms with Crippen LogP contribution in [0.3, 0.4) is 0 Å². The van der Waals surface area contributed by atoms with Gasteiger partial charge in [-0.3, -0.25) is 9.59 Å². The van der Waals surface area contributed by atoms with Crippen molar-refractivity contribution in [2.24, 2.45) is 11.8 Å². The number of amides is 2. The summed E-state index contributed by atoms with van der Waals surface area (Å²) in [5, 5.41) is 12.7. The summed E-state index contributed by atoms with van der Waals surface area (Å²) in [4.78, 5) is 50.7. The van der Waals surface area contributed by atoms with Crippen molar-refractivity contribution in [3.63, 3.8) is 0 Å². The van der Waals surface area contributed by atoms with E-state index >= 15 is 0 Å². The minimum absolute atomic E-state index is 0.0696. The Bertz CT molecular complexity index is 818. The summed E-state index contributed by atoms with van der Waals surface area (Å²) in [5.41, 5.74) is -0.675. The molecule has 0 spiro atoms. The molecule has 3 aliphatic rings. The molecule has 2 saturated heterocycles. The van der Waals surface area contributed by atoms with Crippen molar-refractivity contribution in [1.29, 1.82) is 0 Å². The van der Waals surface area contributed by atoms with Crippen LogP contribution >= 0.6 is 11.8 Å². The van der Waals surface area contributed by atoms with Crippen molar-refractivity contribution < 1.29 is 38.5 Å². The lowest BCUT2D eigenvalue weighted by Crippen LogP contribution is -2.63. The molecule has 0 bridgehead atoms. The minimum Gasteiger partial charge on any atom is -0.428 e. The van der Waals surface area contributed by atoms with Crippen LogP contribution in [0.4, 0.5) is 4.79 Å². The number of carbonyl (C=O) groups excluding carboxylic acids is 4. The van der Waals surface area contributed by atoms with E-state index in [0.717, 1.165) is 0 Å². The van der Waals surface area contributed by atoms with Gasteiger partial charge in [-0.05, 0) is 27.7 Å². The van der Waals surface area contributed by atoms with Crippen molar-refractivity contribution in [2.75, 3.05) is 13.3 Å². The van der Waals surface area contributed by atoms with Crippen LogP contribution in [0.5, 0.6) is 0 Å². The predicted molar refractivity (Wildman–Crippen MR) is 109 cm³/mol. The lowest BCUT2D eigenvalue weighted by atomic mass is 9.79. The third-order valence-corrected chi connectivity index (χ3v) is 6.78. The number of thioether (sulfide) groups is 1. The molecule has 11 heteroatoms. The van der Waals surface area contributed by atoms with E-state index in [2.05, 4.69) is 5.32 Å². The summed E-state index contributed by atoms with van der Waals surface area (Å²) in [7, 11) is 0. The number of rotatable bonds is 6. The van der Waals surface area contributed by atoms with Crippen LogP contribution < -0.4 is 5.32 Å². The Morgan fingerprint density at radius 2 is 1.97 bits per heavy atom. The van der Waals surface area contributed by atoms with Gasteiger partial charge in [0.1, 0.15) is 11.3 Å². The van der Waals surface area contributed by atoms with E-state index in [1.54, 1.807) is 27.7 Å². The lowest BCUT2D eigenvalue weighted by Gasteiger charge is -2.46. The zero-order valence-corrected chi connectivity index (χ0v) is 19.0. The molecule has 0 aromatic rings. The molecule has 0 radical (unpaired) electrons. The van der Waals surface area contributed by atoms with Gasteiger partial charge in [0, 0.05) is 29.0 Å². The number of aliphatic hydroxyl groups excluding tert-OH is 1. The normalized spacial score (nSPS) is 28.6. The standard InChI is InChI=1S/C20H28N2O8S/c1-9-14-13(10(2)23)17(25)22(14)15(16(9)31-11-6-12(24)21-7-11)18(26)28-8-29-19(27)30-20(3,4)5/h9-11,13-14,23H,6-8H2,1-5H3,(H,21,24)/t9-,10-,11+,13-,14-/m1/s1. The maximum atomic E-state index is 12.9. The number of esters is 1. The molecule has 3 rings (SSSR count). The summed E-state index contributed by atoms with van der Waals surface area (Å²) in [6.07, 6.45) is -1.53. The predicted octanol–water partition coefficient (Wildman–Crippen LogP) is 1.13. The fraction of sp³-hybridized carbons (Fsp3) is 0.700. The summed E-state index contributed by atoms with van der Waals surface area (Å²) < 4.78 is 14.9. The van der Waals surface area contributed by atoms with Crippen molar-refractivity contribution in [2.45, 2.75) is 64.0 Å². The summed E-state index contributed by atoms with van der Waals surface area (Å²) >= 11 is 1.36. The average Bonchev–Trinajstić information content (AvgIpc) is 3.13. The molecule has 172 valence electrons. The first-order chi connectivity index (χ1) is 14.4. The third kappa shape index (κ3) is 4.82. The van der Waals surface area contributed by atoms with E-state index in [9.17, 15) is 24.3 Å². The van der Waals surface area contributed by atoms with Gasteiger partial charge >= 0.3 is 12.1 Å². The van der Waals surface area contributed by atoms with Crippen LogP contribution in [0, 0.1) is 11.8 Å². The van der Waals surface area contributed by atoms with E-state index in [1.165, 1.54) is 16.7 Å². The summed E-state index contributed by atoms with van der Waals surface area (Å²) in [6, 6.07) is -0.366. The molecule has 10 nitrogen and oxygen atoms in total. The molecule has 31 heavy (non-hydrogen) atoms. The van der Waals surface area contributed by atoms with Crippen molar-refractivity contribution >= 4 is 35.7 Å². The van der Waals surface area contributed by atoms with Crippen LogP contribution in [-0.4, -0.2) is 70.3 Å². The molecule has 0 aromatic heterocycles. The number of ether oxygens (including phenoxy) is 3. The molecule has 0 aromatic carbocycles. The number of fused-ring (bicyclic) bond motifs is 1. The summed E-state index contributed by atoms with van der Waals surface area (Å²) in [6.45, 7) is 8.23. The molecule has 0 saturated carbocycles. The van der Waals surface area contributed by atoms with Crippen LogP contribution in [0.15, 0.2) is 10.6 Å². The molecule has 2 N–H and O–H groups in total. The molecule has 0 aliphatic carbocycles. The maximum Gasteiger partial charge on any atom is 0.511 e. The van der Waals surface area contributed by atoms with Crippen molar-refractivity contribution in [1.82, 2.24) is 10.2 Å². The molecular weight excluding hydrogens is 428 g/mol. The van der Waals surface area contributed by atoms with E-state index in [4.69, 9.17) is 14.2 Å². The van der Waals surface area contributed by atoms with E-state index in [1.807, 2.05) is 6.92 Å². The van der Waals surface area contributed by atoms with Gasteiger partial charge in [0.25, 0.3) is 0 Å². The average molecular weight is 457 g/mol. The molecule has 0 unspecified atom stereocenters.